The minimum absolute atomic E-state index is 0. The summed E-state index contributed by atoms with van der Waals surface area (Å²) in [4.78, 5) is 0. The Morgan fingerprint density at radius 1 is 0.273 bits per heavy atom. The van der Waals surface area contributed by atoms with Gasteiger partial charge in [-0.2, -0.15) is 0 Å². The topological polar surface area (TPSA) is 200 Å². The minimum atomic E-state index is 0. The normalized spacial score (nSPS) is 0. The van der Waals surface area contributed by atoms with E-state index in [2.05, 4.69) is 0 Å². The Bertz CT molecular complexity index is 14.4. The third-order valence-electron chi connectivity index (χ3n) is 0. The molecule has 11 heteroatoms. The smallest absolute Gasteiger partial charge is 2.00 e. The molecule has 0 rings (SSSR count). The van der Waals surface area contributed by atoms with Crippen LogP contribution in [0.1, 0.15) is 0 Å². The molecule has 7 nitrogen and oxygen atoms in total. The molecular weight excluding hydrogens is 522 g/mol. The maximum absolute atomic E-state index is 0. The molecule has 11 heavy (non-hydrogen) atoms. The Kier molecular flexibility index (Phi) is 2780. The van der Waals surface area contributed by atoms with Crippen molar-refractivity contribution in [2.24, 2.45) is 0 Å². The standard InChI is InChI=1S/2Gd.7O.2Ti/q2*+3;7*-2;2*+4. The summed E-state index contributed by atoms with van der Waals surface area (Å²) in [6.07, 6.45) is 0. The van der Waals surface area contributed by atoms with Crippen molar-refractivity contribution in [3.63, 3.8) is 0 Å². The van der Waals surface area contributed by atoms with Gasteiger partial charge in [0.15, 0.2) is 0 Å². The summed E-state index contributed by atoms with van der Waals surface area (Å²) in [5, 5.41) is 0. The number of hydrogen-bond donors (Lipinski definition) is 0. The molecular formula is Gd2O7Ti2. The first-order chi connectivity index (χ1) is 0. The summed E-state index contributed by atoms with van der Waals surface area (Å²) >= 11 is 0. The second kappa shape index (κ2) is 157. The van der Waals surface area contributed by atoms with Crippen LogP contribution in [-0.2, 0) is 81.8 Å². The van der Waals surface area contributed by atoms with Crippen LogP contribution in [0.2, 0.25) is 0 Å². The molecule has 0 N–H and O–H groups in total. The second-order valence-corrected chi connectivity index (χ2v) is 0. The maximum Gasteiger partial charge on any atom is 4.00 e. The van der Waals surface area contributed by atoms with Crippen LogP contribution in [0.5, 0.6) is 0 Å². The molecule has 2 radical (unpaired) electrons. The van der Waals surface area contributed by atoms with Crippen LogP contribution < -0.4 is 0 Å². The average Bonchev–Trinajstić information content (AvgIpc) is 0. The molecule has 0 saturated carbocycles. The van der Waals surface area contributed by atoms with Crippen LogP contribution in [0.4, 0.5) is 0 Å². The van der Waals surface area contributed by atoms with Crippen LogP contribution in [-0.4, -0.2) is 0 Å². The Morgan fingerprint density at radius 2 is 0.273 bits per heavy atom. The summed E-state index contributed by atoms with van der Waals surface area (Å²) in [6, 6.07) is 0. The van der Waals surface area contributed by atoms with Crippen molar-refractivity contribution in [3.8, 4) is 0 Å². The molecule has 0 amide bonds. The minimum Gasteiger partial charge on any atom is -2.00 e. The van der Waals surface area contributed by atoms with Crippen molar-refractivity contribution in [1.82, 2.24) is 0 Å². The number of rotatable bonds is 0. The van der Waals surface area contributed by atoms with Gasteiger partial charge in [0.05, 0.1) is 0 Å². The molecule has 0 heterocycles. The van der Waals surface area contributed by atoms with Gasteiger partial charge < -0.3 is 38.3 Å². The largest absolute Gasteiger partial charge is 4.00 e. The molecule has 0 aromatic carbocycles. The van der Waals surface area contributed by atoms with E-state index >= 15 is 0 Å². The Labute approximate surface area is 158 Å². The SMILES string of the molecule is [Gd+3].[Gd+3].[O-2].[O-2].[O-2].[O-2].[O-2].[O-2].[O-2].[Ti+4].[Ti+4]. The molecule has 0 aromatic rings. The first kappa shape index (κ1) is 195. The molecule has 0 aliphatic heterocycles. The van der Waals surface area contributed by atoms with Crippen LogP contribution in [0.25, 0.3) is 0 Å². The van der Waals surface area contributed by atoms with Gasteiger partial charge in [-0.15, -0.1) is 0 Å². The number of hydrogen-bond acceptors (Lipinski definition) is 0. The molecule has 0 fully saturated rings. The van der Waals surface area contributed by atoms with Gasteiger partial charge in [-0.3, -0.25) is 0 Å². The van der Waals surface area contributed by atoms with Gasteiger partial charge in [0.25, 0.3) is 0 Å². The zero-order chi connectivity index (χ0) is 0. The van der Waals surface area contributed by atoms with Gasteiger partial charge in [0, 0.05) is 0 Å². The third-order valence-corrected chi connectivity index (χ3v) is 0. The van der Waals surface area contributed by atoms with Gasteiger partial charge >= 0.3 is 123 Å². The van der Waals surface area contributed by atoms with Crippen molar-refractivity contribution >= 4 is 0 Å². The first-order valence-corrected chi connectivity index (χ1v) is 0. The van der Waals surface area contributed by atoms with E-state index in [-0.39, 0.29) is 162 Å². The molecule has 0 bridgehead atoms. The van der Waals surface area contributed by atoms with Crippen molar-refractivity contribution in [2.75, 3.05) is 0 Å². The van der Waals surface area contributed by atoms with Crippen molar-refractivity contribution in [2.45, 2.75) is 0 Å². The van der Waals surface area contributed by atoms with Gasteiger partial charge in [-0.05, 0) is 0 Å². The van der Waals surface area contributed by atoms with Gasteiger partial charge in [-0.25, -0.2) is 0 Å². The predicted molar refractivity (Wildman–Crippen MR) is 4.81 cm³/mol. The Morgan fingerprint density at radius 3 is 0.273 bits per heavy atom. The molecule has 0 aliphatic carbocycles. The Hall–Kier alpha value is 3.80. The average molecular weight is 522 g/mol. The van der Waals surface area contributed by atoms with E-state index in [4.69, 9.17) is 0 Å². The third kappa shape index (κ3) is 133. The fourth-order valence-corrected chi connectivity index (χ4v) is 0. The van der Waals surface area contributed by atoms with E-state index < -0.39 is 0 Å². The zero-order valence-corrected chi connectivity index (χ0v) is 12.2. The van der Waals surface area contributed by atoms with Crippen LogP contribution in [0, 0.1) is 79.9 Å². The molecule has 0 atom stereocenters. The maximum atomic E-state index is 0. The Balaban J connectivity index is 0. The fraction of sp³-hybridized carbons (Fsp3) is 0. The molecule has 0 aliphatic rings. The summed E-state index contributed by atoms with van der Waals surface area (Å²) in [6.45, 7) is 0. The molecule has 66 valence electrons. The van der Waals surface area contributed by atoms with E-state index in [0.29, 0.717) is 0 Å². The summed E-state index contributed by atoms with van der Waals surface area (Å²) in [5.74, 6) is 0. The van der Waals surface area contributed by atoms with E-state index in [1.165, 1.54) is 0 Å². The summed E-state index contributed by atoms with van der Waals surface area (Å²) in [5.41, 5.74) is 0. The zero-order valence-electron chi connectivity index (χ0n) is 4.56. The van der Waals surface area contributed by atoms with Crippen LogP contribution >= 0.6 is 0 Å². The molecule has 0 spiro atoms. The monoisotopic (exact) mass is 524 g/mol. The van der Waals surface area contributed by atoms with E-state index in [1.807, 2.05) is 0 Å². The van der Waals surface area contributed by atoms with Crippen molar-refractivity contribution in [3.05, 3.63) is 0 Å². The summed E-state index contributed by atoms with van der Waals surface area (Å²) in [7, 11) is 0. The van der Waals surface area contributed by atoms with Gasteiger partial charge in [0.2, 0.25) is 0 Å². The van der Waals surface area contributed by atoms with E-state index in [9.17, 15) is 0 Å². The van der Waals surface area contributed by atoms with Crippen LogP contribution in [0.3, 0.4) is 0 Å². The quantitative estimate of drug-likeness (QED) is 0.358. The van der Waals surface area contributed by atoms with E-state index in [1.54, 1.807) is 0 Å². The van der Waals surface area contributed by atoms with E-state index in [0.717, 1.165) is 0 Å². The summed E-state index contributed by atoms with van der Waals surface area (Å²) < 4.78 is 0. The molecule has 0 aromatic heterocycles. The van der Waals surface area contributed by atoms with Crippen LogP contribution in [0.15, 0.2) is 0 Å². The molecule has 0 saturated heterocycles. The molecule has 0 unspecified atom stereocenters. The van der Waals surface area contributed by atoms with Crippen molar-refractivity contribution in [1.29, 1.82) is 0 Å². The predicted octanol–water partition coefficient (Wildman–Crippen LogP) is -0.837. The van der Waals surface area contributed by atoms with Gasteiger partial charge in [0.1, 0.15) is 0 Å². The fourth-order valence-electron chi connectivity index (χ4n) is 0. The van der Waals surface area contributed by atoms with Crippen molar-refractivity contribution < 1.29 is 162 Å². The first-order valence-electron chi connectivity index (χ1n) is 0. The second-order valence-electron chi connectivity index (χ2n) is 0. The van der Waals surface area contributed by atoms with Gasteiger partial charge in [-0.1, -0.05) is 0 Å².